The normalized spacial score (nSPS) is 13.5. The Morgan fingerprint density at radius 1 is 0.891 bits per heavy atom. The zero-order valence-electron chi connectivity index (χ0n) is 25.8. The molecule has 0 spiro atoms. The number of nitrogens with one attached hydrogen (secondary N) is 1. The Hall–Kier alpha value is -5.07. The van der Waals surface area contributed by atoms with Crippen molar-refractivity contribution in [2.75, 3.05) is 36.4 Å². The Balaban J connectivity index is 1.18. The topological polar surface area (TPSA) is 111 Å². The third-order valence-corrected chi connectivity index (χ3v) is 7.88. The molecule has 1 aliphatic heterocycles. The summed E-state index contributed by atoms with van der Waals surface area (Å²) in [6.07, 6.45) is 2.98. The van der Waals surface area contributed by atoms with Crippen LogP contribution >= 0.6 is 12.2 Å². The summed E-state index contributed by atoms with van der Waals surface area (Å²) in [6, 6.07) is 26.3. The summed E-state index contributed by atoms with van der Waals surface area (Å²) < 4.78 is 12.9. The first-order valence-corrected chi connectivity index (χ1v) is 15.6. The third-order valence-electron chi connectivity index (χ3n) is 7.21. The molecule has 0 atom stereocenters. The van der Waals surface area contributed by atoms with E-state index in [9.17, 15) is 9.59 Å². The monoisotopic (exact) mass is 638 g/mol. The van der Waals surface area contributed by atoms with Crippen molar-refractivity contribution in [3.8, 4) is 17.1 Å². The number of nitrogens with zero attached hydrogens (tertiary/aromatic N) is 5. The number of fused-ring (bicyclic) bond motifs is 1. The van der Waals surface area contributed by atoms with Crippen LogP contribution < -0.4 is 15.1 Å². The highest BCUT2D eigenvalue weighted by Gasteiger charge is 2.27. The lowest BCUT2D eigenvalue weighted by Gasteiger charge is -2.37. The van der Waals surface area contributed by atoms with Gasteiger partial charge < -0.3 is 24.7 Å². The van der Waals surface area contributed by atoms with Gasteiger partial charge in [-0.1, -0.05) is 46.8 Å². The number of pyridine rings is 2. The predicted molar refractivity (Wildman–Crippen MR) is 179 cm³/mol. The summed E-state index contributed by atoms with van der Waals surface area (Å²) in [7, 11) is 0. The molecule has 2 aromatic carbocycles. The van der Waals surface area contributed by atoms with E-state index in [1.165, 1.54) is 0 Å². The lowest BCUT2D eigenvalue weighted by Crippen LogP contribution is -2.50. The third kappa shape index (κ3) is 7.24. The van der Waals surface area contributed by atoms with Crippen LogP contribution in [0.25, 0.3) is 22.3 Å². The van der Waals surface area contributed by atoms with Crippen molar-refractivity contribution < 1.29 is 23.5 Å². The summed E-state index contributed by atoms with van der Waals surface area (Å²) in [4.78, 5) is 44.3. The van der Waals surface area contributed by atoms with Gasteiger partial charge in [-0.25, -0.2) is 9.78 Å². The van der Waals surface area contributed by atoms with Gasteiger partial charge in [0.1, 0.15) is 11.3 Å². The van der Waals surface area contributed by atoms with Crippen LogP contribution in [0.1, 0.15) is 31.3 Å². The van der Waals surface area contributed by atoms with Gasteiger partial charge in [-0.05, 0) is 63.2 Å². The SMILES string of the molecule is CC(C)(C)OC(=O)N1CCN(c2ccncc2NC(=O)c2cccc(-c3cc4ccccc4n3SOOc3ccccc3)n2)CC1. The number of aromatic nitrogens is 3. The number of amides is 2. The molecule has 1 aliphatic rings. The fraction of sp³-hybridized carbons (Fsp3) is 0.235. The highest BCUT2D eigenvalue weighted by atomic mass is 32.2. The molecule has 6 rings (SSSR count). The molecule has 0 aliphatic carbocycles. The molecular formula is C34H34N6O5S. The minimum Gasteiger partial charge on any atom is -0.444 e. The Bertz CT molecular complexity index is 1830. The van der Waals surface area contributed by atoms with Gasteiger partial charge >= 0.3 is 6.09 Å². The molecule has 0 saturated carbocycles. The smallest absolute Gasteiger partial charge is 0.410 e. The number of hydrogen-bond acceptors (Lipinski definition) is 9. The first kappa shape index (κ1) is 30.9. The summed E-state index contributed by atoms with van der Waals surface area (Å²) in [5, 5.41) is 3.98. The molecule has 11 nitrogen and oxygen atoms in total. The van der Waals surface area contributed by atoms with Crippen LogP contribution in [0.2, 0.25) is 0 Å². The number of carbonyl (C=O) groups is 2. The maximum Gasteiger partial charge on any atom is 0.410 e. The number of rotatable bonds is 8. The Kier molecular flexibility index (Phi) is 9.08. The first-order valence-electron chi connectivity index (χ1n) is 14.9. The van der Waals surface area contributed by atoms with Crippen molar-refractivity contribution in [1.82, 2.24) is 18.8 Å². The molecule has 3 aromatic heterocycles. The predicted octanol–water partition coefficient (Wildman–Crippen LogP) is 6.83. The van der Waals surface area contributed by atoms with Crippen LogP contribution in [-0.4, -0.2) is 62.6 Å². The average molecular weight is 639 g/mol. The van der Waals surface area contributed by atoms with E-state index in [0.29, 0.717) is 43.3 Å². The van der Waals surface area contributed by atoms with Crippen molar-refractivity contribution in [3.05, 3.63) is 103 Å². The molecule has 5 aromatic rings. The summed E-state index contributed by atoms with van der Waals surface area (Å²) in [5.74, 6) is 0.201. The van der Waals surface area contributed by atoms with Crippen LogP contribution in [0.3, 0.4) is 0 Å². The fourth-order valence-corrected chi connectivity index (χ4v) is 5.70. The van der Waals surface area contributed by atoms with E-state index in [2.05, 4.69) is 15.2 Å². The second kappa shape index (κ2) is 13.5. The summed E-state index contributed by atoms with van der Waals surface area (Å²) >= 11 is 1.02. The number of benzene rings is 2. The number of ether oxygens (including phenoxy) is 1. The largest absolute Gasteiger partial charge is 0.444 e. The van der Waals surface area contributed by atoms with Gasteiger partial charge in [0.05, 0.1) is 34.5 Å². The second-order valence-corrected chi connectivity index (χ2v) is 12.3. The number of hydrogen-bond donors (Lipinski definition) is 1. The van der Waals surface area contributed by atoms with Crippen LogP contribution in [0.5, 0.6) is 5.75 Å². The van der Waals surface area contributed by atoms with Crippen LogP contribution in [0.4, 0.5) is 16.2 Å². The zero-order valence-corrected chi connectivity index (χ0v) is 26.6. The number of carbonyl (C=O) groups excluding carboxylic acids is 2. The van der Waals surface area contributed by atoms with E-state index in [1.807, 2.05) is 85.4 Å². The number of piperazine rings is 1. The van der Waals surface area contributed by atoms with E-state index in [-0.39, 0.29) is 17.7 Å². The Morgan fingerprint density at radius 2 is 1.65 bits per heavy atom. The molecule has 1 fully saturated rings. The molecular weight excluding hydrogens is 604 g/mol. The van der Waals surface area contributed by atoms with Crippen LogP contribution in [-0.2, 0) is 9.07 Å². The highest BCUT2D eigenvalue weighted by molar-refractivity contribution is 7.93. The summed E-state index contributed by atoms with van der Waals surface area (Å²) in [6.45, 7) is 7.73. The van der Waals surface area contributed by atoms with E-state index in [4.69, 9.17) is 18.9 Å². The van der Waals surface area contributed by atoms with E-state index in [0.717, 1.165) is 34.5 Å². The van der Waals surface area contributed by atoms with E-state index < -0.39 is 5.60 Å². The number of anilines is 2. The maximum absolute atomic E-state index is 13.5. The molecule has 0 radical (unpaired) electrons. The molecule has 1 N–H and O–H groups in total. The zero-order chi connectivity index (χ0) is 32.1. The molecule has 12 heteroatoms. The molecule has 2 amide bonds. The fourth-order valence-electron chi connectivity index (χ4n) is 5.06. The number of para-hydroxylation sites is 2. The maximum atomic E-state index is 13.5. The summed E-state index contributed by atoms with van der Waals surface area (Å²) in [5.41, 5.74) is 3.29. The van der Waals surface area contributed by atoms with E-state index in [1.54, 1.807) is 41.6 Å². The van der Waals surface area contributed by atoms with Crippen molar-refractivity contribution in [1.29, 1.82) is 0 Å². The van der Waals surface area contributed by atoms with Gasteiger partial charge in [-0.3, -0.25) is 13.8 Å². The van der Waals surface area contributed by atoms with Gasteiger partial charge in [0.2, 0.25) is 0 Å². The van der Waals surface area contributed by atoms with Crippen molar-refractivity contribution in [2.24, 2.45) is 0 Å². The molecule has 4 heterocycles. The minimum atomic E-state index is -0.553. The lowest BCUT2D eigenvalue weighted by molar-refractivity contribution is -0.0785. The molecule has 0 bridgehead atoms. The van der Waals surface area contributed by atoms with Crippen LogP contribution in [0, 0.1) is 0 Å². The van der Waals surface area contributed by atoms with E-state index >= 15 is 0 Å². The van der Waals surface area contributed by atoms with Gasteiger partial charge in [0.25, 0.3) is 5.91 Å². The first-order chi connectivity index (χ1) is 22.2. The van der Waals surface area contributed by atoms with Crippen LogP contribution in [0.15, 0.2) is 97.3 Å². The van der Waals surface area contributed by atoms with Gasteiger partial charge in [-0.15, -0.1) is 0 Å². The molecule has 236 valence electrons. The standard InChI is InChI=1S/C34H34N6O5S/c1-34(2,3)43-33(42)39-20-18-38(19-21-39)30-16-17-35-23-28(30)37-32(41)27-14-9-13-26(36-27)31-22-24-10-7-8-15-29(24)40(31)46-45-44-25-11-5-4-6-12-25/h4-17,22-23H,18-21H2,1-3H3,(H,37,41). The highest BCUT2D eigenvalue weighted by Crippen LogP contribution is 2.33. The Morgan fingerprint density at radius 3 is 2.43 bits per heavy atom. The van der Waals surface area contributed by atoms with Gasteiger partial charge in [-0.2, -0.15) is 0 Å². The van der Waals surface area contributed by atoms with Gasteiger partial charge in [0, 0.05) is 37.8 Å². The minimum absolute atomic E-state index is 0.241. The molecule has 1 saturated heterocycles. The Labute approximate surface area is 271 Å². The quantitative estimate of drug-likeness (QED) is 0.111. The van der Waals surface area contributed by atoms with Gasteiger partial charge in [0.15, 0.2) is 18.0 Å². The van der Waals surface area contributed by atoms with Crippen molar-refractivity contribution >= 4 is 46.5 Å². The molecule has 46 heavy (non-hydrogen) atoms. The van der Waals surface area contributed by atoms with Crippen molar-refractivity contribution in [3.63, 3.8) is 0 Å². The second-order valence-electron chi connectivity index (χ2n) is 11.6. The lowest BCUT2D eigenvalue weighted by atomic mass is 10.2. The average Bonchev–Trinajstić information content (AvgIpc) is 3.43. The molecule has 0 unspecified atom stereocenters. The van der Waals surface area contributed by atoms with Crippen molar-refractivity contribution in [2.45, 2.75) is 26.4 Å².